The van der Waals surface area contributed by atoms with Crippen molar-refractivity contribution in [3.05, 3.63) is 41.6 Å². The summed E-state index contributed by atoms with van der Waals surface area (Å²) < 4.78 is 0. The Bertz CT molecular complexity index is 881. The highest BCUT2D eigenvalue weighted by molar-refractivity contribution is 6.17. The number of benzene rings is 1. The largest absolute Gasteiger partial charge is 0.306 e. The lowest BCUT2D eigenvalue weighted by Crippen LogP contribution is -2.43. The average molecular weight is 377 g/mol. The Kier molecular flexibility index (Phi) is 4.93. The van der Waals surface area contributed by atoms with Crippen molar-refractivity contribution in [3.8, 4) is 0 Å². The van der Waals surface area contributed by atoms with E-state index in [1.54, 1.807) is 0 Å². The molecule has 5 rings (SSSR count). The summed E-state index contributed by atoms with van der Waals surface area (Å²) in [5.41, 5.74) is 5.10. The smallest absolute Gasteiger partial charge is 0.0818 e. The van der Waals surface area contributed by atoms with Gasteiger partial charge in [-0.25, -0.2) is 0 Å². The number of aliphatic imine (C=N–C) groups is 1. The molecule has 2 aromatic rings. The number of hydrogen-bond donors (Lipinski definition) is 0. The SMILES string of the molecule is CC1CC(c2ccc(C3=NC3)c3ncccc23)CN(CC2CCN(C)CC2)C1. The second-order valence-electron chi connectivity index (χ2n) is 9.37. The van der Waals surface area contributed by atoms with Crippen molar-refractivity contribution >= 4 is 16.6 Å². The minimum atomic E-state index is 0.608. The van der Waals surface area contributed by atoms with E-state index >= 15 is 0 Å². The molecular formula is C24H32N4. The third-order valence-electron chi connectivity index (χ3n) is 6.96. The van der Waals surface area contributed by atoms with E-state index in [0.717, 1.165) is 23.9 Å². The predicted molar refractivity (Wildman–Crippen MR) is 116 cm³/mol. The van der Waals surface area contributed by atoms with Gasteiger partial charge in [-0.05, 0) is 68.8 Å². The van der Waals surface area contributed by atoms with Crippen LogP contribution in [0.2, 0.25) is 0 Å². The van der Waals surface area contributed by atoms with E-state index in [9.17, 15) is 0 Å². The van der Waals surface area contributed by atoms with Crippen LogP contribution in [0.5, 0.6) is 0 Å². The van der Waals surface area contributed by atoms with Crippen LogP contribution < -0.4 is 0 Å². The molecule has 3 aliphatic heterocycles. The first kappa shape index (κ1) is 18.3. The molecule has 4 heteroatoms. The number of hydrogen-bond acceptors (Lipinski definition) is 4. The Hall–Kier alpha value is -1.78. The number of nitrogens with zero attached hydrogens (tertiary/aromatic N) is 4. The standard InChI is InChI=1S/C24H32N4/c1-17-12-19(16-28(14-17)15-18-7-10-27(2)11-8-18)20-5-6-22(23-13-26-23)24-21(20)4-3-9-25-24/h3-6,9,17-19H,7-8,10-16H2,1-2H3. The third kappa shape index (κ3) is 3.72. The summed E-state index contributed by atoms with van der Waals surface area (Å²) >= 11 is 0. The van der Waals surface area contributed by atoms with E-state index in [0.29, 0.717) is 5.92 Å². The van der Waals surface area contributed by atoms with Crippen molar-refractivity contribution in [1.82, 2.24) is 14.8 Å². The van der Waals surface area contributed by atoms with Gasteiger partial charge in [-0.2, -0.15) is 0 Å². The van der Waals surface area contributed by atoms with Gasteiger partial charge in [0.25, 0.3) is 0 Å². The normalized spacial score (nSPS) is 27.1. The molecule has 0 amide bonds. The second kappa shape index (κ2) is 7.57. The molecule has 0 radical (unpaired) electrons. The molecule has 1 aromatic carbocycles. The monoisotopic (exact) mass is 376 g/mol. The van der Waals surface area contributed by atoms with Crippen LogP contribution >= 0.6 is 0 Å². The number of pyridine rings is 1. The van der Waals surface area contributed by atoms with Crippen LogP contribution in [-0.2, 0) is 0 Å². The van der Waals surface area contributed by atoms with Crippen LogP contribution in [0, 0.1) is 11.8 Å². The van der Waals surface area contributed by atoms with Gasteiger partial charge in [-0.3, -0.25) is 9.98 Å². The van der Waals surface area contributed by atoms with E-state index in [4.69, 9.17) is 4.98 Å². The number of rotatable bonds is 4. The van der Waals surface area contributed by atoms with Gasteiger partial charge < -0.3 is 9.80 Å². The molecule has 4 nitrogen and oxygen atoms in total. The molecule has 3 aliphatic rings. The summed E-state index contributed by atoms with van der Waals surface area (Å²) in [7, 11) is 2.26. The fourth-order valence-electron chi connectivity index (χ4n) is 5.44. The van der Waals surface area contributed by atoms with Gasteiger partial charge in [0.1, 0.15) is 0 Å². The number of piperidine rings is 2. The molecule has 1 aromatic heterocycles. The van der Waals surface area contributed by atoms with Gasteiger partial charge in [0, 0.05) is 36.8 Å². The quantitative estimate of drug-likeness (QED) is 0.813. The summed E-state index contributed by atoms with van der Waals surface area (Å²) in [5.74, 6) is 2.23. The maximum absolute atomic E-state index is 4.74. The fourth-order valence-corrected chi connectivity index (χ4v) is 5.44. The molecule has 0 N–H and O–H groups in total. The minimum absolute atomic E-state index is 0.608. The van der Waals surface area contributed by atoms with Crippen molar-refractivity contribution in [1.29, 1.82) is 0 Å². The highest BCUT2D eigenvalue weighted by atomic mass is 15.1. The molecule has 2 unspecified atom stereocenters. The molecular weight excluding hydrogens is 344 g/mol. The first-order valence-electron chi connectivity index (χ1n) is 11.0. The molecule has 0 aliphatic carbocycles. The van der Waals surface area contributed by atoms with E-state index in [1.807, 2.05) is 6.20 Å². The lowest BCUT2D eigenvalue weighted by molar-refractivity contribution is 0.114. The Morgan fingerprint density at radius 2 is 1.93 bits per heavy atom. The summed E-state index contributed by atoms with van der Waals surface area (Å²) in [6.45, 7) is 9.57. The fraction of sp³-hybridized carbons (Fsp3) is 0.583. The number of aromatic nitrogens is 1. The molecule has 4 heterocycles. The van der Waals surface area contributed by atoms with Crippen LogP contribution in [0.15, 0.2) is 35.5 Å². The topological polar surface area (TPSA) is 31.7 Å². The lowest BCUT2D eigenvalue weighted by atomic mass is 9.82. The van der Waals surface area contributed by atoms with Gasteiger partial charge in [0.05, 0.1) is 17.8 Å². The maximum atomic E-state index is 4.74. The summed E-state index contributed by atoms with van der Waals surface area (Å²) in [6.07, 6.45) is 5.92. The Morgan fingerprint density at radius 1 is 1.11 bits per heavy atom. The Morgan fingerprint density at radius 3 is 2.71 bits per heavy atom. The van der Waals surface area contributed by atoms with Gasteiger partial charge >= 0.3 is 0 Å². The van der Waals surface area contributed by atoms with Crippen LogP contribution in [0.4, 0.5) is 0 Å². The molecule has 0 bridgehead atoms. The van der Waals surface area contributed by atoms with Gasteiger partial charge in [0.2, 0.25) is 0 Å². The van der Waals surface area contributed by atoms with Crippen molar-refractivity contribution < 1.29 is 0 Å². The minimum Gasteiger partial charge on any atom is -0.306 e. The first-order chi connectivity index (χ1) is 13.7. The molecule has 148 valence electrons. The lowest BCUT2D eigenvalue weighted by Gasteiger charge is -2.40. The Labute approximate surface area is 168 Å². The molecule has 2 atom stereocenters. The predicted octanol–water partition coefficient (Wildman–Crippen LogP) is 3.80. The van der Waals surface area contributed by atoms with E-state index in [2.05, 4.69) is 53.0 Å². The van der Waals surface area contributed by atoms with Crippen molar-refractivity contribution in [2.24, 2.45) is 16.8 Å². The summed E-state index contributed by atoms with van der Waals surface area (Å²) in [4.78, 5) is 14.4. The zero-order valence-electron chi connectivity index (χ0n) is 17.3. The van der Waals surface area contributed by atoms with Crippen LogP contribution in [0.3, 0.4) is 0 Å². The zero-order chi connectivity index (χ0) is 19.1. The molecule has 0 saturated carbocycles. The van der Waals surface area contributed by atoms with Gasteiger partial charge in [-0.15, -0.1) is 0 Å². The average Bonchev–Trinajstić information content (AvgIpc) is 3.54. The molecule has 2 saturated heterocycles. The van der Waals surface area contributed by atoms with Crippen LogP contribution in [0.1, 0.15) is 43.2 Å². The van der Waals surface area contributed by atoms with E-state index in [-0.39, 0.29) is 0 Å². The maximum Gasteiger partial charge on any atom is 0.0818 e. The first-order valence-corrected chi connectivity index (χ1v) is 11.0. The highest BCUT2D eigenvalue weighted by Gasteiger charge is 2.30. The summed E-state index contributed by atoms with van der Waals surface area (Å²) in [6, 6.07) is 9.01. The van der Waals surface area contributed by atoms with Crippen molar-refractivity contribution in [3.63, 3.8) is 0 Å². The molecule has 0 spiro atoms. The van der Waals surface area contributed by atoms with E-state index in [1.165, 1.54) is 74.2 Å². The van der Waals surface area contributed by atoms with Crippen LogP contribution in [0.25, 0.3) is 10.9 Å². The third-order valence-corrected chi connectivity index (χ3v) is 6.96. The van der Waals surface area contributed by atoms with Gasteiger partial charge in [-0.1, -0.05) is 25.1 Å². The van der Waals surface area contributed by atoms with Crippen molar-refractivity contribution in [2.45, 2.75) is 32.1 Å². The van der Waals surface area contributed by atoms with Gasteiger partial charge in [0.15, 0.2) is 0 Å². The Balaban J connectivity index is 1.38. The highest BCUT2D eigenvalue weighted by Crippen LogP contribution is 2.36. The van der Waals surface area contributed by atoms with E-state index < -0.39 is 0 Å². The number of likely N-dealkylation sites (tertiary alicyclic amines) is 2. The molecule has 2 fully saturated rings. The van der Waals surface area contributed by atoms with Crippen LogP contribution in [-0.4, -0.2) is 66.8 Å². The number of fused-ring (bicyclic) bond motifs is 1. The zero-order valence-corrected chi connectivity index (χ0v) is 17.3. The summed E-state index contributed by atoms with van der Waals surface area (Å²) in [5, 5.41) is 1.34. The van der Waals surface area contributed by atoms with Crippen molar-refractivity contribution in [2.75, 3.05) is 46.3 Å². The molecule has 28 heavy (non-hydrogen) atoms. The second-order valence-corrected chi connectivity index (χ2v) is 9.37.